The summed E-state index contributed by atoms with van der Waals surface area (Å²) in [7, 11) is 1.62. The summed E-state index contributed by atoms with van der Waals surface area (Å²) >= 11 is 0. The highest BCUT2D eigenvalue weighted by Crippen LogP contribution is 2.24. The van der Waals surface area contributed by atoms with E-state index in [1.165, 1.54) is 0 Å². The van der Waals surface area contributed by atoms with Crippen molar-refractivity contribution in [2.24, 2.45) is 0 Å². The molecule has 1 amide bonds. The summed E-state index contributed by atoms with van der Waals surface area (Å²) in [6, 6.07) is 19.5. The van der Waals surface area contributed by atoms with E-state index in [9.17, 15) is 10.1 Å². The molecule has 2 aromatic carbocycles. The van der Waals surface area contributed by atoms with Crippen molar-refractivity contribution < 1.29 is 9.53 Å². The zero-order valence-corrected chi connectivity index (χ0v) is 17.5. The van der Waals surface area contributed by atoms with Crippen LogP contribution in [0.15, 0.2) is 67.0 Å². The molecule has 1 aliphatic rings. The fourth-order valence-corrected chi connectivity index (χ4v) is 3.84. The molecular weight excluding hydrogens is 390 g/mol. The maximum atomic E-state index is 12.8. The third-order valence-electron chi connectivity index (χ3n) is 5.60. The van der Waals surface area contributed by atoms with Crippen molar-refractivity contribution in [2.45, 2.75) is 12.5 Å². The predicted octanol–water partition coefficient (Wildman–Crippen LogP) is 2.83. The van der Waals surface area contributed by atoms with Gasteiger partial charge < -0.3 is 9.64 Å². The smallest absolute Gasteiger partial charge is 0.227 e. The molecular formula is C24H25N5O2. The van der Waals surface area contributed by atoms with Gasteiger partial charge in [0.15, 0.2) is 0 Å². The molecule has 2 heterocycles. The highest BCUT2D eigenvalue weighted by Gasteiger charge is 2.27. The second-order valence-electron chi connectivity index (χ2n) is 7.53. The lowest BCUT2D eigenvalue weighted by molar-refractivity contribution is -0.132. The van der Waals surface area contributed by atoms with Crippen molar-refractivity contribution in [3.05, 3.63) is 78.1 Å². The van der Waals surface area contributed by atoms with E-state index in [1.807, 2.05) is 65.7 Å². The van der Waals surface area contributed by atoms with Gasteiger partial charge in [0, 0.05) is 32.4 Å². The van der Waals surface area contributed by atoms with Crippen molar-refractivity contribution in [1.29, 1.82) is 5.26 Å². The number of nitriles is 1. The van der Waals surface area contributed by atoms with E-state index in [4.69, 9.17) is 4.74 Å². The van der Waals surface area contributed by atoms with Crippen molar-refractivity contribution in [3.8, 4) is 17.5 Å². The number of carbonyl (C=O) groups excluding carboxylic acids is 1. The summed E-state index contributed by atoms with van der Waals surface area (Å²) in [4.78, 5) is 16.8. The SMILES string of the molecule is COc1ccc(C(C#N)N2CCN(C(=O)Cc3cnn(-c4ccccc4)c3)CC2)cc1. The zero-order valence-electron chi connectivity index (χ0n) is 17.5. The topological polar surface area (TPSA) is 74.4 Å². The molecule has 1 fully saturated rings. The highest BCUT2D eigenvalue weighted by atomic mass is 16.5. The van der Waals surface area contributed by atoms with Gasteiger partial charge in [-0.05, 0) is 35.4 Å². The quantitative estimate of drug-likeness (QED) is 0.619. The van der Waals surface area contributed by atoms with Gasteiger partial charge in [-0.15, -0.1) is 0 Å². The number of carbonyl (C=O) groups is 1. The first-order valence-electron chi connectivity index (χ1n) is 10.3. The fourth-order valence-electron chi connectivity index (χ4n) is 3.84. The van der Waals surface area contributed by atoms with Gasteiger partial charge in [-0.2, -0.15) is 10.4 Å². The van der Waals surface area contributed by atoms with Crippen molar-refractivity contribution in [2.75, 3.05) is 33.3 Å². The normalized spacial score (nSPS) is 15.3. The van der Waals surface area contributed by atoms with Gasteiger partial charge in [-0.1, -0.05) is 30.3 Å². The van der Waals surface area contributed by atoms with Gasteiger partial charge in [0.1, 0.15) is 11.8 Å². The van der Waals surface area contributed by atoms with E-state index in [0.717, 1.165) is 22.6 Å². The molecule has 158 valence electrons. The molecule has 1 unspecified atom stereocenters. The molecule has 1 atom stereocenters. The van der Waals surface area contributed by atoms with Crippen molar-refractivity contribution in [3.63, 3.8) is 0 Å². The molecule has 0 N–H and O–H groups in total. The molecule has 31 heavy (non-hydrogen) atoms. The van der Waals surface area contributed by atoms with Crippen molar-refractivity contribution in [1.82, 2.24) is 19.6 Å². The van der Waals surface area contributed by atoms with E-state index in [2.05, 4.69) is 16.1 Å². The number of hydrogen-bond donors (Lipinski definition) is 0. The molecule has 1 aliphatic heterocycles. The van der Waals surface area contributed by atoms with Crippen LogP contribution in [0.1, 0.15) is 17.2 Å². The maximum Gasteiger partial charge on any atom is 0.227 e. The van der Waals surface area contributed by atoms with Gasteiger partial charge in [-0.25, -0.2) is 4.68 Å². The number of aromatic nitrogens is 2. The molecule has 0 saturated carbocycles. The zero-order chi connectivity index (χ0) is 21.6. The van der Waals surface area contributed by atoms with E-state index in [0.29, 0.717) is 32.6 Å². The van der Waals surface area contributed by atoms with Crippen molar-refractivity contribution >= 4 is 5.91 Å². The molecule has 1 aromatic heterocycles. The molecule has 4 rings (SSSR count). The lowest BCUT2D eigenvalue weighted by Gasteiger charge is -2.37. The summed E-state index contributed by atoms with van der Waals surface area (Å²) < 4.78 is 6.98. The number of piperazine rings is 1. The Labute approximate surface area is 182 Å². The van der Waals surface area contributed by atoms with Gasteiger partial charge in [-0.3, -0.25) is 9.69 Å². The van der Waals surface area contributed by atoms with E-state index >= 15 is 0 Å². The average Bonchev–Trinajstić information content (AvgIpc) is 3.29. The summed E-state index contributed by atoms with van der Waals surface area (Å²) in [5.74, 6) is 0.858. The number of benzene rings is 2. The Balaban J connectivity index is 1.33. The second kappa shape index (κ2) is 9.45. The lowest BCUT2D eigenvalue weighted by Crippen LogP contribution is -2.49. The van der Waals surface area contributed by atoms with Crippen LogP contribution in [0.4, 0.5) is 0 Å². The molecule has 7 heteroatoms. The number of para-hydroxylation sites is 1. The first kappa shape index (κ1) is 20.6. The Bertz CT molecular complexity index is 1050. The minimum absolute atomic E-state index is 0.0882. The highest BCUT2D eigenvalue weighted by molar-refractivity contribution is 5.78. The van der Waals surface area contributed by atoms with Gasteiger partial charge >= 0.3 is 0 Å². The summed E-state index contributed by atoms with van der Waals surface area (Å²) in [5.41, 5.74) is 2.80. The molecule has 1 saturated heterocycles. The van der Waals surface area contributed by atoms with Crippen LogP contribution < -0.4 is 4.74 Å². The molecule has 3 aromatic rings. The molecule has 0 bridgehead atoms. The Hall–Kier alpha value is -3.63. The monoisotopic (exact) mass is 415 g/mol. The first-order valence-corrected chi connectivity index (χ1v) is 10.3. The standard InChI is InChI=1S/C24H25N5O2/c1-31-22-9-7-20(8-10-22)23(16-25)27-11-13-28(14-12-27)24(30)15-19-17-26-29(18-19)21-5-3-2-4-6-21/h2-10,17-18,23H,11-15H2,1H3. The number of amides is 1. The van der Waals surface area contributed by atoms with Gasteiger partial charge in [0.05, 0.1) is 31.5 Å². The third kappa shape index (κ3) is 4.76. The lowest BCUT2D eigenvalue weighted by atomic mass is 10.1. The van der Waals surface area contributed by atoms with E-state index < -0.39 is 0 Å². The fraction of sp³-hybridized carbons (Fsp3) is 0.292. The van der Waals surface area contributed by atoms with Crippen LogP contribution in [0.5, 0.6) is 5.75 Å². The number of hydrogen-bond acceptors (Lipinski definition) is 5. The number of ether oxygens (including phenoxy) is 1. The average molecular weight is 415 g/mol. The predicted molar refractivity (Wildman–Crippen MR) is 117 cm³/mol. The number of rotatable bonds is 6. The number of nitrogens with zero attached hydrogens (tertiary/aromatic N) is 5. The van der Waals surface area contributed by atoms with Crippen LogP contribution in [0.3, 0.4) is 0 Å². The Morgan fingerprint density at radius 1 is 1.10 bits per heavy atom. The Morgan fingerprint density at radius 2 is 1.81 bits per heavy atom. The summed E-state index contributed by atoms with van der Waals surface area (Å²) in [6.45, 7) is 2.55. The van der Waals surface area contributed by atoms with Gasteiger partial charge in [0.25, 0.3) is 0 Å². The number of methoxy groups -OCH3 is 1. The van der Waals surface area contributed by atoms with Gasteiger partial charge in [0.2, 0.25) is 5.91 Å². The molecule has 7 nitrogen and oxygen atoms in total. The largest absolute Gasteiger partial charge is 0.497 e. The maximum absolute atomic E-state index is 12.8. The van der Waals surface area contributed by atoms with Crippen LogP contribution in [0.2, 0.25) is 0 Å². The minimum atomic E-state index is -0.327. The van der Waals surface area contributed by atoms with Crippen LogP contribution in [0, 0.1) is 11.3 Å². The van der Waals surface area contributed by atoms with Crippen LogP contribution in [0.25, 0.3) is 5.69 Å². The Kier molecular flexibility index (Phi) is 6.29. The molecule has 0 spiro atoms. The summed E-state index contributed by atoms with van der Waals surface area (Å²) in [5, 5.41) is 14.1. The second-order valence-corrected chi connectivity index (χ2v) is 7.53. The Morgan fingerprint density at radius 3 is 2.45 bits per heavy atom. The van der Waals surface area contributed by atoms with E-state index in [1.54, 1.807) is 18.0 Å². The van der Waals surface area contributed by atoms with Crippen LogP contribution >= 0.6 is 0 Å². The van der Waals surface area contributed by atoms with Crippen LogP contribution in [-0.4, -0.2) is 58.8 Å². The first-order chi connectivity index (χ1) is 15.2. The molecule has 0 radical (unpaired) electrons. The van der Waals surface area contributed by atoms with E-state index in [-0.39, 0.29) is 11.9 Å². The molecule has 0 aliphatic carbocycles. The minimum Gasteiger partial charge on any atom is -0.497 e. The van der Waals surface area contributed by atoms with Crippen LogP contribution in [-0.2, 0) is 11.2 Å². The third-order valence-corrected chi connectivity index (χ3v) is 5.60. The summed E-state index contributed by atoms with van der Waals surface area (Å²) in [6.07, 6.45) is 3.97.